The van der Waals surface area contributed by atoms with E-state index < -0.39 is 39.7 Å². The van der Waals surface area contributed by atoms with Crippen LogP contribution >= 0.6 is 23.2 Å². The summed E-state index contributed by atoms with van der Waals surface area (Å²) < 4.78 is 79.1. The van der Waals surface area contributed by atoms with Crippen LogP contribution in [0.25, 0.3) is 5.69 Å². The van der Waals surface area contributed by atoms with E-state index in [9.17, 15) is 26.3 Å². The van der Waals surface area contributed by atoms with Crippen molar-refractivity contribution in [2.75, 3.05) is 18.0 Å². The molecule has 0 spiro atoms. The van der Waals surface area contributed by atoms with Crippen molar-refractivity contribution < 1.29 is 26.3 Å². The Bertz CT molecular complexity index is 820. The summed E-state index contributed by atoms with van der Waals surface area (Å²) in [6.07, 6.45) is -9.29. The Labute approximate surface area is 167 Å². The molecule has 1 aromatic carbocycles. The molecule has 12 heteroatoms. The van der Waals surface area contributed by atoms with Gasteiger partial charge in [-0.2, -0.15) is 36.0 Å². The van der Waals surface area contributed by atoms with Gasteiger partial charge in [-0.1, -0.05) is 23.2 Å². The zero-order valence-corrected chi connectivity index (χ0v) is 16.5. The fourth-order valence-corrected chi connectivity index (χ4v) is 3.09. The van der Waals surface area contributed by atoms with Crippen molar-refractivity contribution in [1.82, 2.24) is 14.8 Å². The zero-order valence-electron chi connectivity index (χ0n) is 15.0. The zero-order chi connectivity index (χ0) is 21.4. The van der Waals surface area contributed by atoms with E-state index in [1.54, 1.807) is 18.7 Å². The van der Waals surface area contributed by atoms with Crippen molar-refractivity contribution in [1.29, 1.82) is 0 Å². The number of nitrogens with zero attached hydrogens (tertiary/aromatic N) is 4. The lowest BCUT2D eigenvalue weighted by molar-refractivity contribution is -0.147. The molecule has 0 N–H and O–H groups in total. The number of hydrogen-bond donors (Lipinski definition) is 0. The van der Waals surface area contributed by atoms with Gasteiger partial charge in [0, 0.05) is 13.1 Å². The summed E-state index contributed by atoms with van der Waals surface area (Å²) in [6.45, 7) is 5.11. The van der Waals surface area contributed by atoms with Crippen LogP contribution in [-0.2, 0) is 6.18 Å². The smallest absolute Gasteiger partial charge is 0.341 e. The van der Waals surface area contributed by atoms with Gasteiger partial charge in [0.15, 0.2) is 5.82 Å². The Morgan fingerprint density at radius 2 is 1.54 bits per heavy atom. The van der Waals surface area contributed by atoms with Crippen LogP contribution in [0.2, 0.25) is 10.0 Å². The molecule has 1 atom stereocenters. The van der Waals surface area contributed by atoms with E-state index in [-0.39, 0.29) is 11.6 Å². The first-order valence-electron chi connectivity index (χ1n) is 8.16. The van der Waals surface area contributed by atoms with Crippen molar-refractivity contribution in [3.63, 3.8) is 0 Å². The summed E-state index contributed by atoms with van der Waals surface area (Å²) in [5, 5.41) is 3.05. The van der Waals surface area contributed by atoms with Crippen LogP contribution in [0.3, 0.4) is 0 Å². The van der Waals surface area contributed by atoms with Crippen molar-refractivity contribution in [3.8, 4) is 5.69 Å². The molecule has 28 heavy (non-hydrogen) atoms. The number of halogens is 8. The first kappa shape index (κ1) is 22.6. The highest BCUT2D eigenvalue weighted by Gasteiger charge is 2.41. The maximum absolute atomic E-state index is 13.1. The first-order chi connectivity index (χ1) is 12.8. The van der Waals surface area contributed by atoms with Gasteiger partial charge in [0.2, 0.25) is 5.95 Å². The fourth-order valence-electron chi connectivity index (χ4n) is 2.44. The average molecular weight is 449 g/mol. The monoisotopic (exact) mass is 448 g/mol. The molecule has 1 heterocycles. The Hall–Kier alpha value is -1.68. The van der Waals surface area contributed by atoms with Gasteiger partial charge in [-0.3, -0.25) is 0 Å². The molecule has 4 nitrogen and oxygen atoms in total. The molecule has 2 aromatic rings. The van der Waals surface area contributed by atoms with Gasteiger partial charge in [0.05, 0.1) is 15.6 Å². The minimum atomic E-state index is -4.69. The number of aromatic nitrogens is 3. The Morgan fingerprint density at radius 3 is 1.93 bits per heavy atom. The molecule has 0 amide bonds. The van der Waals surface area contributed by atoms with Gasteiger partial charge >= 0.3 is 12.4 Å². The molecular weight excluding hydrogens is 433 g/mol. The van der Waals surface area contributed by atoms with Gasteiger partial charge in [0.25, 0.3) is 0 Å². The topological polar surface area (TPSA) is 34.0 Å². The van der Waals surface area contributed by atoms with Gasteiger partial charge in [0.1, 0.15) is 11.6 Å². The number of benzene rings is 1. The predicted molar refractivity (Wildman–Crippen MR) is 94.4 cm³/mol. The number of alkyl halides is 6. The molecule has 1 unspecified atom stereocenters. The Morgan fingerprint density at radius 1 is 1.04 bits per heavy atom. The molecule has 0 aliphatic rings. The highest BCUT2D eigenvalue weighted by atomic mass is 35.5. The lowest BCUT2D eigenvalue weighted by Gasteiger charge is -2.21. The van der Waals surface area contributed by atoms with E-state index in [1.807, 2.05) is 0 Å². The summed E-state index contributed by atoms with van der Waals surface area (Å²) in [4.78, 5) is 5.55. The minimum Gasteiger partial charge on any atom is -0.341 e. The van der Waals surface area contributed by atoms with Gasteiger partial charge in [-0.15, -0.1) is 5.10 Å². The largest absolute Gasteiger partial charge is 0.416 e. The van der Waals surface area contributed by atoms with E-state index in [2.05, 4.69) is 10.1 Å². The normalized spacial score (nSPS) is 13.7. The van der Waals surface area contributed by atoms with Crippen molar-refractivity contribution >= 4 is 29.2 Å². The van der Waals surface area contributed by atoms with Gasteiger partial charge < -0.3 is 4.90 Å². The van der Waals surface area contributed by atoms with Crippen LogP contribution in [0.4, 0.5) is 32.3 Å². The average Bonchev–Trinajstić information content (AvgIpc) is 2.97. The van der Waals surface area contributed by atoms with Gasteiger partial charge in [-0.25, -0.2) is 0 Å². The quantitative estimate of drug-likeness (QED) is 0.517. The molecule has 0 radical (unpaired) electrons. The molecule has 0 bridgehead atoms. The maximum Gasteiger partial charge on any atom is 0.416 e. The van der Waals surface area contributed by atoms with Crippen molar-refractivity contribution in [3.05, 3.63) is 33.6 Å². The second-order valence-electron chi connectivity index (χ2n) is 5.90. The molecule has 0 saturated carbocycles. The molecule has 2 rings (SSSR count). The first-order valence-corrected chi connectivity index (χ1v) is 8.92. The fraction of sp³-hybridized carbons (Fsp3) is 0.500. The summed E-state index contributed by atoms with van der Waals surface area (Å²) in [5.74, 6) is -2.53. The summed E-state index contributed by atoms with van der Waals surface area (Å²) >= 11 is 12.0. The highest BCUT2D eigenvalue weighted by molar-refractivity contribution is 6.37. The third-order valence-electron chi connectivity index (χ3n) is 4.09. The minimum absolute atomic E-state index is 0.000316. The molecule has 1 aromatic heterocycles. The van der Waals surface area contributed by atoms with Crippen LogP contribution in [0, 0.1) is 0 Å². The Kier molecular flexibility index (Phi) is 6.44. The molecule has 0 fully saturated rings. The third-order valence-corrected chi connectivity index (χ3v) is 4.66. The lowest BCUT2D eigenvalue weighted by Crippen LogP contribution is -2.25. The molecule has 0 aliphatic heterocycles. The molecular formula is C16H16Cl2F6N4. The summed E-state index contributed by atoms with van der Waals surface area (Å²) in [5.41, 5.74) is -1.26. The van der Waals surface area contributed by atoms with Crippen LogP contribution in [-0.4, -0.2) is 34.0 Å². The summed E-state index contributed by atoms with van der Waals surface area (Å²) in [7, 11) is 0. The number of rotatable bonds is 5. The Balaban J connectivity index is 2.72. The van der Waals surface area contributed by atoms with E-state index in [0.29, 0.717) is 25.2 Å². The van der Waals surface area contributed by atoms with E-state index in [4.69, 9.17) is 23.2 Å². The predicted octanol–water partition coefficient (Wildman–Crippen LogP) is 6.10. The van der Waals surface area contributed by atoms with Crippen LogP contribution < -0.4 is 4.90 Å². The number of anilines is 1. The third kappa shape index (κ3) is 4.48. The highest BCUT2D eigenvalue weighted by Crippen LogP contribution is 2.39. The van der Waals surface area contributed by atoms with Crippen LogP contribution in [0.1, 0.15) is 38.1 Å². The van der Waals surface area contributed by atoms with E-state index in [0.717, 1.165) is 11.6 Å². The SMILES string of the molecule is CCN(CC)c1nc(C(C)C(F)(F)F)nn1-c1c(Cl)cc(C(F)(F)F)cc1Cl. The maximum atomic E-state index is 13.1. The standard InChI is InChI=1S/C16H16Cl2F6N4/c1-4-27(5-2)14-25-13(8(3)15(19,20)21)26-28(14)12-10(17)6-9(7-11(12)18)16(22,23)24/h6-8H,4-5H2,1-3H3. The summed E-state index contributed by atoms with van der Waals surface area (Å²) in [6, 6.07) is 1.28. The second-order valence-corrected chi connectivity index (χ2v) is 6.72. The van der Waals surface area contributed by atoms with Gasteiger partial charge in [-0.05, 0) is 32.9 Å². The van der Waals surface area contributed by atoms with Crippen molar-refractivity contribution in [2.45, 2.75) is 39.0 Å². The van der Waals surface area contributed by atoms with E-state index >= 15 is 0 Å². The molecule has 0 saturated heterocycles. The second kappa shape index (κ2) is 7.98. The van der Waals surface area contributed by atoms with E-state index in [1.165, 1.54) is 0 Å². The number of hydrogen-bond acceptors (Lipinski definition) is 3. The lowest BCUT2D eigenvalue weighted by atomic mass is 10.1. The molecule has 0 aliphatic carbocycles. The van der Waals surface area contributed by atoms with Crippen LogP contribution in [0.5, 0.6) is 0 Å². The van der Waals surface area contributed by atoms with Crippen LogP contribution in [0.15, 0.2) is 12.1 Å². The molecule has 156 valence electrons. The van der Waals surface area contributed by atoms with Crippen molar-refractivity contribution in [2.24, 2.45) is 0 Å².